The van der Waals surface area contributed by atoms with Gasteiger partial charge in [-0.3, -0.25) is 4.68 Å². The Kier molecular flexibility index (Phi) is 5.71. The molecule has 140 valence electrons. The van der Waals surface area contributed by atoms with Crippen LogP contribution < -0.4 is 15.4 Å². The zero-order valence-electron chi connectivity index (χ0n) is 15.4. The van der Waals surface area contributed by atoms with E-state index in [0.29, 0.717) is 17.4 Å². The van der Waals surface area contributed by atoms with Crippen molar-refractivity contribution >= 4 is 28.7 Å². The molecule has 0 atom stereocenters. The summed E-state index contributed by atoms with van der Waals surface area (Å²) in [4.78, 5) is 0. The number of anilines is 2. The molecule has 0 unspecified atom stereocenters. The number of nitrogens with zero attached hydrogens (tertiary/aromatic N) is 2. The molecule has 0 aliphatic carbocycles. The molecule has 0 spiro atoms. The van der Waals surface area contributed by atoms with E-state index in [9.17, 15) is 4.39 Å². The second-order valence-electron chi connectivity index (χ2n) is 6.11. The van der Waals surface area contributed by atoms with Gasteiger partial charge in [0.15, 0.2) is 5.11 Å². The molecular formula is C20H21FN4OS. The van der Waals surface area contributed by atoms with Gasteiger partial charge in [-0.15, -0.1) is 0 Å². The van der Waals surface area contributed by atoms with Crippen LogP contribution in [-0.4, -0.2) is 22.0 Å². The van der Waals surface area contributed by atoms with E-state index in [0.717, 1.165) is 28.3 Å². The van der Waals surface area contributed by atoms with Crippen LogP contribution in [0.4, 0.5) is 15.8 Å². The third-order valence-corrected chi connectivity index (χ3v) is 4.40. The minimum atomic E-state index is -0.255. The normalized spacial score (nSPS) is 10.5. The van der Waals surface area contributed by atoms with E-state index in [4.69, 9.17) is 17.0 Å². The summed E-state index contributed by atoms with van der Waals surface area (Å²) in [5, 5.41) is 11.3. The van der Waals surface area contributed by atoms with Gasteiger partial charge in [-0.05, 0) is 55.9 Å². The van der Waals surface area contributed by atoms with Gasteiger partial charge in [-0.2, -0.15) is 5.10 Å². The van der Waals surface area contributed by atoms with Gasteiger partial charge in [0.25, 0.3) is 0 Å². The fourth-order valence-electron chi connectivity index (χ4n) is 2.86. The number of aromatic nitrogens is 2. The van der Waals surface area contributed by atoms with Gasteiger partial charge in [0, 0.05) is 0 Å². The third kappa shape index (κ3) is 4.43. The lowest BCUT2D eigenvalue weighted by atomic mass is 10.2. The van der Waals surface area contributed by atoms with Crippen molar-refractivity contribution in [3.63, 3.8) is 0 Å². The van der Waals surface area contributed by atoms with E-state index in [-0.39, 0.29) is 5.82 Å². The number of rotatable bonds is 5. The minimum absolute atomic E-state index is 0.255. The van der Waals surface area contributed by atoms with Crippen LogP contribution in [0.3, 0.4) is 0 Å². The van der Waals surface area contributed by atoms with Crippen molar-refractivity contribution in [2.75, 3.05) is 17.7 Å². The summed E-state index contributed by atoms with van der Waals surface area (Å²) in [5.41, 5.74) is 4.19. The monoisotopic (exact) mass is 384 g/mol. The first kappa shape index (κ1) is 18.8. The van der Waals surface area contributed by atoms with Gasteiger partial charge in [-0.25, -0.2) is 4.39 Å². The van der Waals surface area contributed by atoms with E-state index < -0.39 is 0 Å². The Hall–Kier alpha value is -2.93. The van der Waals surface area contributed by atoms with E-state index in [1.165, 1.54) is 12.1 Å². The lowest BCUT2D eigenvalue weighted by Crippen LogP contribution is -2.20. The number of methoxy groups -OCH3 is 1. The summed E-state index contributed by atoms with van der Waals surface area (Å²) in [6.07, 6.45) is 0. The van der Waals surface area contributed by atoms with Crippen LogP contribution in [0.1, 0.15) is 17.0 Å². The molecule has 2 aromatic carbocycles. The van der Waals surface area contributed by atoms with Crippen LogP contribution in [0.5, 0.6) is 5.75 Å². The number of halogens is 1. The summed E-state index contributed by atoms with van der Waals surface area (Å²) >= 11 is 5.44. The summed E-state index contributed by atoms with van der Waals surface area (Å²) in [7, 11) is 1.61. The molecule has 0 saturated heterocycles. The number of aryl methyl sites for hydroxylation is 1. The average Bonchev–Trinajstić information content (AvgIpc) is 2.89. The SMILES string of the molecule is COc1ccccc1NC(=S)Nc1c(C)nn(Cc2cccc(F)c2)c1C. The highest BCUT2D eigenvalue weighted by Gasteiger charge is 2.14. The predicted molar refractivity (Wildman–Crippen MR) is 110 cm³/mol. The van der Waals surface area contributed by atoms with Crippen molar-refractivity contribution in [2.45, 2.75) is 20.4 Å². The molecule has 3 aromatic rings. The van der Waals surface area contributed by atoms with Crippen LogP contribution >= 0.6 is 12.2 Å². The van der Waals surface area contributed by atoms with Crippen LogP contribution in [0.2, 0.25) is 0 Å². The van der Waals surface area contributed by atoms with Gasteiger partial charge >= 0.3 is 0 Å². The molecular weight excluding hydrogens is 363 g/mol. The molecule has 2 N–H and O–H groups in total. The first-order valence-electron chi connectivity index (χ1n) is 8.47. The Morgan fingerprint density at radius 3 is 2.67 bits per heavy atom. The molecule has 0 aliphatic rings. The molecule has 7 heteroatoms. The molecule has 0 fully saturated rings. The fraction of sp³-hybridized carbons (Fsp3) is 0.200. The molecule has 0 radical (unpaired) electrons. The lowest BCUT2D eigenvalue weighted by Gasteiger charge is -2.13. The molecule has 1 heterocycles. The molecule has 27 heavy (non-hydrogen) atoms. The minimum Gasteiger partial charge on any atom is -0.495 e. The number of para-hydroxylation sites is 2. The molecule has 0 saturated carbocycles. The van der Waals surface area contributed by atoms with E-state index in [1.807, 2.05) is 48.9 Å². The Labute approximate surface area is 163 Å². The van der Waals surface area contributed by atoms with Crippen LogP contribution in [0.25, 0.3) is 0 Å². The second-order valence-corrected chi connectivity index (χ2v) is 6.52. The standard InChI is InChI=1S/C20H21FN4OS/c1-13-19(23-20(27)22-17-9-4-5-10-18(17)26-3)14(2)25(24-13)12-15-7-6-8-16(21)11-15/h4-11H,12H2,1-3H3,(H2,22,23,27). The Bertz CT molecular complexity index is 970. The van der Waals surface area contributed by atoms with Crippen molar-refractivity contribution < 1.29 is 9.13 Å². The Balaban J connectivity index is 1.75. The van der Waals surface area contributed by atoms with E-state index in [1.54, 1.807) is 13.2 Å². The molecule has 1 aromatic heterocycles. The van der Waals surface area contributed by atoms with Crippen LogP contribution in [-0.2, 0) is 6.54 Å². The maximum Gasteiger partial charge on any atom is 0.175 e. The van der Waals surface area contributed by atoms with E-state index in [2.05, 4.69) is 15.7 Å². The first-order chi connectivity index (χ1) is 13.0. The summed E-state index contributed by atoms with van der Waals surface area (Å²) in [5.74, 6) is 0.450. The van der Waals surface area contributed by atoms with Gasteiger partial charge in [0.2, 0.25) is 0 Å². The second kappa shape index (κ2) is 8.18. The first-order valence-corrected chi connectivity index (χ1v) is 8.88. The average molecular weight is 384 g/mol. The number of ether oxygens (including phenoxy) is 1. The smallest absolute Gasteiger partial charge is 0.175 e. The van der Waals surface area contributed by atoms with Crippen molar-refractivity contribution in [1.29, 1.82) is 0 Å². The molecule has 0 aliphatic heterocycles. The number of thiocarbonyl (C=S) groups is 1. The topological polar surface area (TPSA) is 51.1 Å². The highest BCUT2D eigenvalue weighted by atomic mass is 32.1. The molecule has 0 bridgehead atoms. The Morgan fingerprint density at radius 1 is 1.15 bits per heavy atom. The highest BCUT2D eigenvalue weighted by Crippen LogP contribution is 2.25. The quantitative estimate of drug-likeness (QED) is 0.634. The van der Waals surface area contributed by atoms with Crippen LogP contribution in [0, 0.1) is 19.7 Å². The van der Waals surface area contributed by atoms with Gasteiger partial charge in [-0.1, -0.05) is 24.3 Å². The molecule has 5 nitrogen and oxygen atoms in total. The van der Waals surface area contributed by atoms with Crippen molar-refractivity contribution in [3.05, 3.63) is 71.3 Å². The van der Waals surface area contributed by atoms with Crippen molar-refractivity contribution in [3.8, 4) is 5.75 Å². The van der Waals surface area contributed by atoms with Gasteiger partial charge in [0.1, 0.15) is 11.6 Å². The zero-order valence-corrected chi connectivity index (χ0v) is 16.2. The Morgan fingerprint density at radius 2 is 1.93 bits per heavy atom. The van der Waals surface area contributed by atoms with Gasteiger partial charge < -0.3 is 15.4 Å². The summed E-state index contributed by atoms with van der Waals surface area (Å²) in [6, 6.07) is 14.1. The van der Waals surface area contributed by atoms with Crippen molar-refractivity contribution in [2.24, 2.45) is 0 Å². The zero-order chi connectivity index (χ0) is 19.4. The number of hydrogen-bond donors (Lipinski definition) is 2. The lowest BCUT2D eigenvalue weighted by molar-refractivity contribution is 0.417. The number of nitrogens with one attached hydrogen (secondary N) is 2. The summed E-state index contributed by atoms with van der Waals surface area (Å²) in [6.45, 7) is 4.34. The molecule has 3 rings (SSSR count). The largest absolute Gasteiger partial charge is 0.495 e. The van der Waals surface area contributed by atoms with E-state index >= 15 is 0 Å². The van der Waals surface area contributed by atoms with Crippen molar-refractivity contribution in [1.82, 2.24) is 9.78 Å². The highest BCUT2D eigenvalue weighted by molar-refractivity contribution is 7.80. The fourth-order valence-corrected chi connectivity index (χ4v) is 3.07. The number of hydrogen-bond acceptors (Lipinski definition) is 3. The third-order valence-electron chi connectivity index (χ3n) is 4.20. The predicted octanol–water partition coefficient (Wildman–Crippen LogP) is 4.50. The maximum atomic E-state index is 13.4. The van der Waals surface area contributed by atoms with Crippen LogP contribution in [0.15, 0.2) is 48.5 Å². The summed E-state index contributed by atoms with van der Waals surface area (Å²) < 4.78 is 20.6. The van der Waals surface area contributed by atoms with Gasteiger partial charge in [0.05, 0.1) is 36.4 Å². The maximum absolute atomic E-state index is 13.4. The number of benzene rings is 2. The molecule has 0 amide bonds.